The van der Waals surface area contributed by atoms with Crippen molar-refractivity contribution in [2.24, 2.45) is 4.99 Å². The minimum Gasteiger partial charge on any atom is -0.497 e. The van der Waals surface area contributed by atoms with Crippen LogP contribution in [0.3, 0.4) is 0 Å². The Balaban J connectivity index is 1.55. The summed E-state index contributed by atoms with van der Waals surface area (Å²) in [5, 5.41) is 11.6. The topological polar surface area (TPSA) is 126 Å². The molecule has 0 saturated carbocycles. The summed E-state index contributed by atoms with van der Waals surface area (Å²) < 4.78 is 18.7. The molecule has 5 aromatic rings. The number of rotatable bonds is 8. The van der Waals surface area contributed by atoms with Gasteiger partial charge in [-0.25, -0.2) is 9.79 Å². The Kier molecular flexibility index (Phi) is 8.20. The van der Waals surface area contributed by atoms with Crippen LogP contribution in [0.4, 0.5) is 5.69 Å². The van der Waals surface area contributed by atoms with Crippen molar-refractivity contribution in [2.75, 3.05) is 13.7 Å². The number of carbonyl (C=O) groups is 1. The lowest BCUT2D eigenvalue weighted by Gasteiger charge is -2.26. The Bertz CT molecular complexity index is 2170. The number of esters is 1. The number of halogens is 1. The van der Waals surface area contributed by atoms with Crippen molar-refractivity contribution in [2.45, 2.75) is 13.0 Å². The second-order valence-corrected chi connectivity index (χ2v) is 11.2. The fraction of sp³-hybridized carbons (Fsp3) is 0.121. The highest BCUT2D eigenvalue weighted by atomic mass is 35.5. The summed E-state index contributed by atoms with van der Waals surface area (Å²) in [7, 11) is 1.54. The Morgan fingerprint density at radius 2 is 1.91 bits per heavy atom. The molecule has 226 valence electrons. The molecule has 3 aromatic carbocycles. The molecule has 45 heavy (non-hydrogen) atoms. The molecule has 0 fully saturated rings. The predicted molar refractivity (Wildman–Crippen MR) is 170 cm³/mol. The summed E-state index contributed by atoms with van der Waals surface area (Å²) in [4.78, 5) is 43.7. The maximum atomic E-state index is 14.1. The highest BCUT2D eigenvalue weighted by Crippen LogP contribution is 2.36. The minimum absolute atomic E-state index is 0.134. The Hall–Kier alpha value is -5.26. The second kappa shape index (κ2) is 12.4. The molecule has 1 aliphatic rings. The maximum absolute atomic E-state index is 14.1. The molecule has 1 aliphatic heterocycles. The van der Waals surface area contributed by atoms with Crippen LogP contribution in [-0.4, -0.2) is 29.2 Å². The van der Waals surface area contributed by atoms with Gasteiger partial charge in [-0.1, -0.05) is 65.4 Å². The van der Waals surface area contributed by atoms with Gasteiger partial charge in [0.05, 0.1) is 45.5 Å². The smallest absolute Gasteiger partial charge is 0.338 e. The van der Waals surface area contributed by atoms with Gasteiger partial charge in [0, 0.05) is 29.3 Å². The van der Waals surface area contributed by atoms with Gasteiger partial charge in [0.15, 0.2) is 4.80 Å². The van der Waals surface area contributed by atoms with E-state index >= 15 is 0 Å². The van der Waals surface area contributed by atoms with Crippen molar-refractivity contribution in [3.05, 3.63) is 142 Å². The number of hydrogen-bond donors (Lipinski definition) is 0. The molecule has 12 heteroatoms. The first-order chi connectivity index (χ1) is 21.8. The molecule has 0 spiro atoms. The Labute approximate surface area is 264 Å². The van der Waals surface area contributed by atoms with E-state index < -0.39 is 22.5 Å². The minimum atomic E-state index is -0.872. The number of thiazole rings is 1. The normalized spacial score (nSPS) is 14.6. The van der Waals surface area contributed by atoms with E-state index in [2.05, 4.69) is 0 Å². The summed E-state index contributed by atoms with van der Waals surface area (Å²) in [6.45, 7) is 1.85. The van der Waals surface area contributed by atoms with Crippen LogP contribution in [0.25, 0.3) is 23.1 Å². The number of fused-ring (bicyclic) bond motifs is 1. The first-order valence-corrected chi connectivity index (χ1v) is 14.9. The molecule has 6 rings (SSSR count). The van der Waals surface area contributed by atoms with E-state index in [1.807, 2.05) is 36.4 Å². The first-order valence-electron chi connectivity index (χ1n) is 13.8. The van der Waals surface area contributed by atoms with Gasteiger partial charge in [-0.2, -0.15) is 0 Å². The average molecular weight is 642 g/mol. The van der Waals surface area contributed by atoms with Gasteiger partial charge in [0.25, 0.3) is 11.2 Å². The molecule has 3 heterocycles. The van der Waals surface area contributed by atoms with Crippen molar-refractivity contribution in [1.29, 1.82) is 0 Å². The summed E-state index contributed by atoms with van der Waals surface area (Å²) in [5.74, 6) is 0.585. The van der Waals surface area contributed by atoms with Crippen LogP contribution < -0.4 is 19.6 Å². The quantitative estimate of drug-likeness (QED) is 0.120. The second-order valence-electron chi connectivity index (χ2n) is 9.83. The molecule has 0 radical (unpaired) electrons. The van der Waals surface area contributed by atoms with Crippen molar-refractivity contribution >= 4 is 46.4 Å². The van der Waals surface area contributed by atoms with Crippen molar-refractivity contribution < 1.29 is 23.6 Å². The van der Waals surface area contributed by atoms with Crippen molar-refractivity contribution in [3.63, 3.8) is 0 Å². The number of aromatic nitrogens is 1. The highest BCUT2D eigenvalue weighted by Gasteiger charge is 2.35. The van der Waals surface area contributed by atoms with E-state index in [9.17, 15) is 19.7 Å². The predicted octanol–water partition coefficient (Wildman–Crippen LogP) is 5.77. The molecule has 2 aromatic heterocycles. The van der Waals surface area contributed by atoms with E-state index in [1.165, 1.54) is 22.8 Å². The molecule has 0 unspecified atom stereocenters. The fourth-order valence-electron chi connectivity index (χ4n) is 5.09. The van der Waals surface area contributed by atoms with Crippen molar-refractivity contribution in [1.82, 2.24) is 4.57 Å². The van der Waals surface area contributed by atoms with Gasteiger partial charge in [-0.3, -0.25) is 19.5 Å². The van der Waals surface area contributed by atoms with E-state index in [0.717, 1.165) is 11.3 Å². The molecule has 0 bridgehead atoms. The zero-order valence-corrected chi connectivity index (χ0v) is 25.5. The zero-order valence-electron chi connectivity index (χ0n) is 23.9. The third kappa shape index (κ3) is 5.70. The average Bonchev–Trinajstić information content (AvgIpc) is 3.64. The Morgan fingerprint density at radius 1 is 1.11 bits per heavy atom. The number of nitro groups is 1. The largest absolute Gasteiger partial charge is 0.497 e. The van der Waals surface area contributed by atoms with E-state index in [1.54, 1.807) is 50.4 Å². The number of methoxy groups -OCH3 is 1. The third-order valence-electron chi connectivity index (χ3n) is 7.11. The van der Waals surface area contributed by atoms with Crippen LogP contribution >= 0.6 is 22.9 Å². The van der Waals surface area contributed by atoms with Crippen LogP contribution in [0.5, 0.6) is 5.75 Å². The lowest BCUT2D eigenvalue weighted by Crippen LogP contribution is -2.40. The van der Waals surface area contributed by atoms with Gasteiger partial charge < -0.3 is 13.9 Å². The molecular weight excluding hydrogens is 618 g/mol. The van der Waals surface area contributed by atoms with E-state index in [4.69, 9.17) is 30.5 Å². The molecule has 0 aliphatic carbocycles. The number of nitrogens with zero attached hydrogens (tertiary/aromatic N) is 3. The zero-order chi connectivity index (χ0) is 31.7. The first kappa shape index (κ1) is 29.8. The monoisotopic (exact) mass is 641 g/mol. The fourth-order valence-corrected chi connectivity index (χ4v) is 6.28. The van der Waals surface area contributed by atoms with E-state index in [-0.39, 0.29) is 22.9 Å². The lowest BCUT2D eigenvalue weighted by atomic mass is 9.93. The molecule has 0 amide bonds. The van der Waals surface area contributed by atoms with Gasteiger partial charge in [-0.05, 0) is 42.8 Å². The van der Waals surface area contributed by atoms with Gasteiger partial charge in [-0.15, -0.1) is 0 Å². The number of non-ortho nitro benzene ring substituents is 1. The number of ether oxygens (including phenoxy) is 2. The van der Waals surface area contributed by atoms with E-state index in [0.29, 0.717) is 49.0 Å². The Morgan fingerprint density at radius 3 is 2.64 bits per heavy atom. The molecular formula is C33H24ClN3O7S. The highest BCUT2D eigenvalue weighted by molar-refractivity contribution is 7.07. The number of benzene rings is 3. The van der Waals surface area contributed by atoms with Gasteiger partial charge >= 0.3 is 5.97 Å². The van der Waals surface area contributed by atoms with Crippen LogP contribution in [0.1, 0.15) is 29.9 Å². The van der Waals surface area contributed by atoms with Crippen LogP contribution in [0, 0.1) is 10.1 Å². The summed E-state index contributed by atoms with van der Waals surface area (Å²) in [5.41, 5.74) is 1.75. The molecule has 10 nitrogen and oxygen atoms in total. The number of furan rings is 1. The molecule has 0 N–H and O–H groups in total. The number of carbonyl (C=O) groups excluding carboxylic acids is 1. The molecule has 0 saturated heterocycles. The van der Waals surface area contributed by atoms with Gasteiger partial charge in [0.1, 0.15) is 17.3 Å². The van der Waals surface area contributed by atoms with Crippen LogP contribution in [0.15, 0.2) is 105 Å². The van der Waals surface area contributed by atoms with Crippen LogP contribution in [0.2, 0.25) is 5.02 Å². The standard InChI is InChI=1S/C33H24ClN3O7S/c1-3-43-32(39)28-29(19-8-5-4-6-9-19)35-33-36(30(28)20-10-7-11-22(16-20)42-2)31(38)27(45-33)18-23-13-15-26(44-23)24-17-21(37(40)41)12-14-25(24)34/h4-18,30H,3H2,1-2H3/b27-18-/t30-/m1/s1. The summed E-state index contributed by atoms with van der Waals surface area (Å²) in [6, 6.07) is 22.9. The summed E-state index contributed by atoms with van der Waals surface area (Å²) >= 11 is 7.45. The SMILES string of the molecule is CCOC(=O)C1=C(c2ccccc2)N=c2s/c(=C\c3ccc(-c4cc([N+](=O)[O-])ccc4Cl)o3)c(=O)n2[C@@H]1c1cccc(OC)c1. The number of hydrogen-bond acceptors (Lipinski definition) is 9. The van der Waals surface area contributed by atoms with Crippen LogP contribution in [-0.2, 0) is 9.53 Å². The van der Waals surface area contributed by atoms with Gasteiger partial charge in [0.2, 0.25) is 0 Å². The van der Waals surface area contributed by atoms with Crippen molar-refractivity contribution in [3.8, 4) is 17.1 Å². The number of nitro benzene ring substituents is 1. The third-order valence-corrected chi connectivity index (χ3v) is 8.42. The summed E-state index contributed by atoms with van der Waals surface area (Å²) in [6.07, 6.45) is 1.57. The lowest BCUT2D eigenvalue weighted by molar-refractivity contribution is -0.384. The maximum Gasteiger partial charge on any atom is 0.338 e. The molecule has 1 atom stereocenters.